The van der Waals surface area contributed by atoms with Crippen LogP contribution in [0.1, 0.15) is 31.4 Å². The second kappa shape index (κ2) is 9.44. The van der Waals surface area contributed by atoms with Crippen molar-refractivity contribution in [2.75, 3.05) is 32.7 Å². The average Bonchev–Trinajstić information content (AvgIpc) is 3.07. The molecule has 1 aliphatic heterocycles. The van der Waals surface area contributed by atoms with E-state index in [1.54, 1.807) is 0 Å². The smallest absolute Gasteiger partial charge is 0.192 e. The molecule has 1 unspecified atom stereocenters. The molecule has 0 aliphatic carbocycles. The molecule has 2 rings (SSSR count). The van der Waals surface area contributed by atoms with Gasteiger partial charge in [-0.2, -0.15) is 0 Å². The molecule has 1 aromatic rings. The topological polar surface area (TPSA) is 39.7 Å². The highest BCUT2D eigenvalue weighted by Crippen LogP contribution is 2.27. The Bertz CT molecular complexity index is 558. The van der Waals surface area contributed by atoms with E-state index >= 15 is 0 Å². The fourth-order valence-electron chi connectivity index (χ4n) is 2.85. The fraction of sp³-hybridized carbons (Fsp3) is 0.500. The van der Waals surface area contributed by atoms with Gasteiger partial charge in [0.25, 0.3) is 0 Å². The minimum Gasteiger partial charge on any atom is -0.357 e. The molecule has 0 bridgehead atoms. The molecule has 0 radical (unpaired) electrons. The van der Waals surface area contributed by atoms with E-state index in [-0.39, 0.29) is 6.04 Å². The lowest BCUT2D eigenvalue weighted by Gasteiger charge is -2.27. The third kappa shape index (κ3) is 5.46. The maximum absolute atomic E-state index is 6.18. The monoisotopic (exact) mass is 332 g/mol. The molecule has 1 aliphatic rings. The number of rotatable bonds is 6. The van der Waals surface area contributed by atoms with Crippen molar-refractivity contribution in [3.05, 3.63) is 34.9 Å². The fourth-order valence-corrected chi connectivity index (χ4v) is 3.05. The Kier molecular flexibility index (Phi) is 7.25. The first-order valence-electron chi connectivity index (χ1n) is 8.19. The summed E-state index contributed by atoms with van der Waals surface area (Å²) in [6.45, 7) is 6.23. The third-order valence-electron chi connectivity index (χ3n) is 3.94. The molecule has 23 heavy (non-hydrogen) atoms. The lowest BCUT2D eigenvalue weighted by molar-refractivity contribution is 0.251. The maximum atomic E-state index is 6.18. The number of hydrogen-bond acceptors (Lipinski definition) is 2. The highest BCUT2D eigenvalue weighted by Gasteiger charge is 2.23. The molecule has 0 saturated carbocycles. The van der Waals surface area contributed by atoms with Crippen molar-refractivity contribution in [2.24, 2.45) is 4.99 Å². The van der Waals surface area contributed by atoms with Crippen molar-refractivity contribution in [1.29, 1.82) is 0 Å². The summed E-state index contributed by atoms with van der Waals surface area (Å²) in [6.07, 6.45) is 7.81. The molecule has 124 valence electrons. The van der Waals surface area contributed by atoms with Crippen LogP contribution in [-0.2, 0) is 0 Å². The van der Waals surface area contributed by atoms with Crippen LogP contribution < -0.4 is 10.6 Å². The van der Waals surface area contributed by atoms with Crippen LogP contribution in [0.2, 0.25) is 5.02 Å². The summed E-state index contributed by atoms with van der Waals surface area (Å²) in [5.74, 6) is 3.34. The lowest BCUT2D eigenvalue weighted by Crippen LogP contribution is -2.38. The van der Waals surface area contributed by atoms with Crippen molar-refractivity contribution in [3.8, 4) is 12.3 Å². The number of aliphatic imine (C=N–C) groups is 1. The van der Waals surface area contributed by atoms with Crippen LogP contribution in [0.15, 0.2) is 29.3 Å². The van der Waals surface area contributed by atoms with Crippen LogP contribution in [0.4, 0.5) is 0 Å². The summed E-state index contributed by atoms with van der Waals surface area (Å²) >= 11 is 6.18. The molecular formula is C18H25ClN4. The number of nitrogens with one attached hydrogen (secondary N) is 2. The van der Waals surface area contributed by atoms with Gasteiger partial charge < -0.3 is 10.6 Å². The summed E-state index contributed by atoms with van der Waals surface area (Å²) < 4.78 is 0. The second-order valence-corrected chi connectivity index (χ2v) is 6.03. The maximum Gasteiger partial charge on any atom is 0.192 e. The van der Waals surface area contributed by atoms with Crippen molar-refractivity contribution in [2.45, 2.75) is 25.8 Å². The van der Waals surface area contributed by atoms with Gasteiger partial charge in [-0.15, -0.1) is 6.42 Å². The van der Waals surface area contributed by atoms with Gasteiger partial charge in [0.1, 0.15) is 0 Å². The minimum absolute atomic E-state index is 0.248. The van der Waals surface area contributed by atoms with Crippen LogP contribution in [0.25, 0.3) is 0 Å². The van der Waals surface area contributed by atoms with Crippen molar-refractivity contribution >= 4 is 17.6 Å². The zero-order valence-corrected chi connectivity index (χ0v) is 14.4. The van der Waals surface area contributed by atoms with Gasteiger partial charge in [-0.1, -0.05) is 29.7 Å². The largest absolute Gasteiger partial charge is 0.357 e. The second-order valence-electron chi connectivity index (χ2n) is 5.59. The van der Waals surface area contributed by atoms with E-state index in [2.05, 4.69) is 27.5 Å². The Hall–Kier alpha value is -1.70. The van der Waals surface area contributed by atoms with Gasteiger partial charge in [0, 0.05) is 11.6 Å². The van der Waals surface area contributed by atoms with E-state index in [0.717, 1.165) is 30.6 Å². The van der Waals surface area contributed by atoms with E-state index in [0.29, 0.717) is 13.1 Å². The van der Waals surface area contributed by atoms with Crippen molar-refractivity contribution in [3.63, 3.8) is 0 Å². The number of hydrogen-bond donors (Lipinski definition) is 2. The first kappa shape index (κ1) is 17.7. The minimum atomic E-state index is 0.248. The molecule has 1 atom stereocenters. The molecule has 2 N–H and O–H groups in total. The molecule has 1 saturated heterocycles. The Morgan fingerprint density at radius 1 is 1.39 bits per heavy atom. The van der Waals surface area contributed by atoms with Crippen molar-refractivity contribution in [1.82, 2.24) is 15.5 Å². The Morgan fingerprint density at radius 2 is 2.17 bits per heavy atom. The first-order chi connectivity index (χ1) is 11.2. The predicted octanol–water partition coefficient (Wildman–Crippen LogP) is 2.67. The molecular weight excluding hydrogens is 308 g/mol. The van der Waals surface area contributed by atoms with Gasteiger partial charge in [0.2, 0.25) is 0 Å². The molecule has 1 fully saturated rings. The van der Waals surface area contributed by atoms with Gasteiger partial charge in [-0.3, -0.25) is 9.89 Å². The SMILES string of the molecule is C#CCNC(=NCC(c1cccc(Cl)c1)N1CCCC1)NCC. The highest BCUT2D eigenvalue weighted by molar-refractivity contribution is 6.30. The molecule has 0 amide bonds. The van der Waals surface area contributed by atoms with Gasteiger partial charge >= 0.3 is 0 Å². The number of halogens is 1. The average molecular weight is 333 g/mol. The van der Waals surface area contributed by atoms with Gasteiger partial charge in [-0.25, -0.2) is 0 Å². The Morgan fingerprint density at radius 3 is 2.83 bits per heavy atom. The van der Waals surface area contributed by atoms with Crippen molar-refractivity contribution < 1.29 is 0 Å². The summed E-state index contributed by atoms with van der Waals surface area (Å²) in [5, 5.41) is 7.13. The lowest BCUT2D eigenvalue weighted by atomic mass is 10.1. The van der Waals surface area contributed by atoms with E-state index in [9.17, 15) is 0 Å². The molecule has 1 heterocycles. The summed E-state index contributed by atoms with van der Waals surface area (Å²) in [4.78, 5) is 7.20. The molecule has 4 nitrogen and oxygen atoms in total. The third-order valence-corrected chi connectivity index (χ3v) is 4.17. The van der Waals surface area contributed by atoms with Crippen LogP contribution in [0, 0.1) is 12.3 Å². The van der Waals surface area contributed by atoms with Gasteiger partial charge in [0.15, 0.2) is 5.96 Å². The van der Waals surface area contributed by atoms with Crippen LogP contribution in [0.5, 0.6) is 0 Å². The molecule has 0 spiro atoms. The number of guanidine groups is 1. The molecule has 5 heteroatoms. The zero-order valence-electron chi connectivity index (χ0n) is 13.7. The zero-order chi connectivity index (χ0) is 16.5. The van der Waals surface area contributed by atoms with Gasteiger partial charge in [0.05, 0.1) is 19.1 Å². The molecule has 1 aromatic carbocycles. The summed E-state index contributed by atoms with van der Waals surface area (Å²) in [7, 11) is 0. The number of nitrogens with zero attached hydrogens (tertiary/aromatic N) is 2. The van der Waals surface area contributed by atoms with Crippen LogP contribution in [-0.4, -0.2) is 43.6 Å². The summed E-state index contributed by atoms with van der Waals surface area (Å²) in [5.41, 5.74) is 1.22. The Labute approximate surface area is 144 Å². The summed E-state index contributed by atoms with van der Waals surface area (Å²) in [6, 6.07) is 8.34. The van der Waals surface area contributed by atoms with Gasteiger partial charge in [-0.05, 0) is 50.6 Å². The number of terminal acetylenes is 1. The van der Waals surface area contributed by atoms with E-state index in [4.69, 9.17) is 23.0 Å². The van der Waals surface area contributed by atoms with E-state index in [1.807, 2.05) is 25.1 Å². The first-order valence-corrected chi connectivity index (χ1v) is 8.57. The van der Waals surface area contributed by atoms with Crippen LogP contribution in [0.3, 0.4) is 0 Å². The standard InChI is InChI=1S/C18H25ClN4/c1-3-10-21-18(20-4-2)22-14-17(23-11-5-6-12-23)15-8-7-9-16(19)13-15/h1,7-9,13,17H,4-6,10-12,14H2,2H3,(H2,20,21,22). The number of likely N-dealkylation sites (tertiary alicyclic amines) is 1. The van der Waals surface area contributed by atoms with Crippen LogP contribution >= 0.6 is 11.6 Å². The number of benzene rings is 1. The van der Waals surface area contributed by atoms with E-state index < -0.39 is 0 Å². The molecule has 0 aromatic heterocycles. The normalized spacial score (nSPS) is 16.8. The van der Waals surface area contributed by atoms with E-state index in [1.165, 1.54) is 18.4 Å². The predicted molar refractivity (Wildman–Crippen MR) is 97.8 cm³/mol. The Balaban J connectivity index is 2.15. The highest BCUT2D eigenvalue weighted by atomic mass is 35.5. The quantitative estimate of drug-likeness (QED) is 0.478.